The molecule has 43 heavy (non-hydrogen) atoms. The summed E-state index contributed by atoms with van der Waals surface area (Å²) in [5.74, 6) is -1.44. The number of halogens is 2. The van der Waals surface area contributed by atoms with Crippen LogP contribution in [0, 0.1) is 18.6 Å². The molecule has 0 fully saturated rings. The van der Waals surface area contributed by atoms with Gasteiger partial charge < -0.3 is 29.2 Å². The van der Waals surface area contributed by atoms with Crippen molar-refractivity contribution in [1.82, 2.24) is 14.5 Å². The van der Waals surface area contributed by atoms with Gasteiger partial charge in [-0.2, -0.15) is 0 Å². The lowest BCUT2D eigenvalue weighted by molar-refractivity contribution is 0.102. The Hall–Kier alpha value is -5.36. The smallest absolute Gasteiger partial charge is 0.261 e. The number of nitrogens with zero attached hydrogens (tertiary/aromatic N) is 3. The number of aliphatic hydroxyl groups excluding tert-OH is 1. The number of aromatic nitrogens is 3. The molecule has 0 unspecified atom stereocenters. The fraction of sp³-hybridized carbons (Fsp3) is 0.161. The molecule has 0 aliphatic heterocycles. The molecule has 0 aliphatic carbocycles. The average Bonchev–Trinajstić information content (AvgIpc) is 3.00. The number of carbonyl (C=O) groups excluding carboxylic acids is 1. The Balaban J connectivity index is 1.44. The van der Waals surface area contributed by atoms with E-state index in [2.05, 4.69) is 15.3 Å². The minimum atomic E-state index is -0.795. The van der Waals surface area contributed by atoms with E-state index >= 15 is 4.39 Å². The lowest BCUT2D eigenvalue weighted by atomic mass is 10.0. The minimum Gasteiger partial charge on any atom is -0.491 e. The van der Waals surface area contributed by atoms with Gasteiger partial charge in [0.1, 0.15) is 16.9 Å². The normalized spacial score (nSPS) is 10.9. The Labute approximate surface area is 244 Å². The highest BCUT2D eigenvalue weighted by Gasteiger charge is 2.21. The van der Waals surface area contributed by atoms with Gasteiger partial charge in [-0.1, -0.05) is 12.1 Å². The number of rotatable bonds is 9. The molecule has 10 nitrogen and oxygen atoms in total. The Morgan fingerprint density at radius 3 is 2.44 bits per heavy atom. The molecule has 0 atom stereocenters. The van der Waals surface area contributed by atoms with E-state index in [0.29, 0.717) is 28.0 Å². The van der Waals surface area contributed by atoms with Gasteiger partial charge in [0.25, 0.3) is 11.8 Å². The molecule has 5 aromatic rings. The summed E-state index contributed by atoms with van der Waals surface area (Å²) in [7, 11) is 2.90. The molecule has 2 N–H and O–H groups in total. The molecule has 12 heteroatoms. The number of benzene rings is 2. The topological polar surface area (TPSA) is 125 Å². The van der Waals surface area contributed by atoms with Crippen LogP contribution in [0.3, 0.4) is 0 Å². The van der Waals surface area contributed by atoms with Gasteiger partial charge >= 0.3 is 0 Å². The molecule has 3 aromatic heterocycles. The summed E-state index contributed by atoms with van der Waals surface area (Å²) in [5.41, 5.74) is 1.06. The van der Waals surface area contributed by atoms with Crippen LogP contribution >= 0.6 is 0 Å². The van der Waals surface area contributed by atoms with Crippen LogP contribution in [0.15, 0.2) is 71.8 Å². The van der Waals surface area contributed by atoms with E-state index in [-0.39, 0.29) is 47.3 Å². The number of amides is 1. The van der Waals surface area contributed by atoms with Crippen molar-refractivity contribution in [2.45, 2.75) is 13.5 Å². The quantitative estimate of drug-likeness (QED) is 0.244. The van der Waals surface area contributed by atoms with Crippen LogP contribution in [0.4, 0.5) is 14.5 Å². The Kier molecular flexibility index (Phi) is 8.30. The van der Waals surface area contributed by atoms with E-state index in [0.717, 1.165) is 6.07 Å². The molecule has 0 radical (unpaired) electrons. The summed E-state index contributed by atoms with van der Waals surface area (Å²) in [4.78, 5) is 35.3. The van der Waals surface area contributed by atoms with Gasteiger partial charge in [0.2, 0.25) is 5.43 Å². The first kappa shape index (κ1) is 29.1. The van der Waals surface area contributed by atoms with Crippen molar-refractivity contribution in [2.75, 3.05) is 26.1 Å². The van der Waals surface area contributed by atoms with Crippen LogP contribution in [0.2, 0.25) is 0 Å². The van der Waals surface area contributed by atoms with Crippen LogP contribution in [0.25, 0.3) is 22.2 Å². The fourth-order valence-electron chi connectivity index (χ4n) is 4.58. The van der Waals surface area contributed by atoms with Gasteiger partial charge in [-0.3, -0.25) is 14.6 Å². The van der Waals surface area contributed by atoms with E-state index in [4.69, 9.17) is 14.2 Å². The van der Waals surface area contributed by atoms with Crippen molar-refractivity contribution in [3.8, 4) is 34.3 Å². The van der Waals surface area contributed by atoms with Crippen molar-refractivity contribution in [2.24, 2.45) is 0 Å². The second-order valence-corrected chi connectivity index (χ2v) is 9.33. The second-order valence-electron chi connectivity index (χ2n) is 9.33. The van der Waals surface area contributed by atoms with Gasteiger partial charge in [-0.25, -0.2) is 13.8 Å². The standard InChI is InChI=1S/C31H26F2N4O6/c1-17-27(18-4-6-19(32)7-5-18)29(39)21(16-37(17)12-13-38)30(40)35-20-8-9-24(22(33)14-20)43-25-10-11-34-23-15-26(41-2)31(42-3)36-28(23)25/h4-11,14-16,38H,12-13H2,1-3H3,(H,35,40). The monoisotopic (exact) mass is 588 g/mol. The Bertz CT molecular complexity index is 1890. The zero-order chi connectivity index (χ0) is 30.7. The number of ether oxygens (including phenoxy) is 3. The molecular formula is C31H26F2N4O6. The van der Waals surface area contributed by atoms with Crippen molar-refractivity contribution in [3.05, 3.63) is 100 Å². The van der Waals surface area contributed by atoms with Crippen molar-refractivity contribution < 1.29 is 32.9 Å². The predicted octanol–water partition coefficient (Wildman–Crippen LogP) is 5.10. The van der Waals surface area contributed by atoms with E-state index < -0.39 is 23.0 Å². The maximum Gasteiger partial charge on any atom is 0.261 e. The van der Waals surface area contributed by atoms with Crippen molar-refractivity contribution in [3.63, 3.8) is 0 Å². The Morgan fingerprint density at radius 1 is 1.00 bits per heavy atom. The first-order valence-corrected chi connectivity index (χ1v) is 13.0. The number of hydrogen-bond donors (Lipinski definition) is 2. The fourth-order valence-corrected chi connectivity index (χ4v) is 4.58. The first-order valence-electron chi connectivity index (χ1n) is 13.0. The van der Waals surface area contributed by atoms with Crippen LogP contribution in [-0.2, 0) is 6.54 Å². The zero-order valence-corrected chi connectivity index (χ0v) is 23.4. The van der Waals surface area contributed by atoms with Gasteiger partial charge in [0, 0.05) is 54.1 Å². The van der Waals surface area contributed by atoms with E-state index in [9.17, 15) is 19.1 Å². The lowest BCUT2D eigenvalue weighted by Gasteiger charge is -2.16. The lowest BCUT2D eigenvalue weighted by Crippen LogP contribution is -2.26. The molecule has 0 saturated carbocycles. The molecule has 1 amide bonds. The van der Waals surface area contributed by atoms with Crippen molar-refractivity contribution >= 4 is 22.6 Å². The van der Waals surface area contributed by atoms with Gasteiger partial charge in [-0.15, -0.1) is 0 Å². The highest BCUT2D eigenvalue weighted by atomic mass is 19.1. The number of hydrogen-bond acceptors (Lipinski definition) is 8. The van der Waals surface area contributed by atoms with Crippen LogP contribution in [0.1, 0.15) is 16.1 Å². The summed E-state index contributed by atoms with van der Waals surface area (Å²) < 4.78 is 46.6. The third-order valence-corrected chi connectivity index (χ3v) is 6.70. The van der Waals surface area contributed by atoms with Gasteiger partial charge in [0.15, 0.2) is 23.1 Å². The Morgan fingerprint density at radius 2 is 1.77 bits per heavy atom. The van der Waals surface area contributed by atoms with Crippen LogP contribution < -0.4 is 25.0 Å². The molecule has 2 aromatic carbocycles. The maximum absolute atomic E-state index is 15.2. The number of carbonyl (C=O) groups is 1. The van der Waals surface area contributed by atoms with E-state index in [1.54, 1.807) is 17.6 Å². The summed E-state index contributed by atoms with van der Waals surface area (Å²) in [6.45, 7) is 1.53. The number of aliphatic hydroxyl groups is 1. The van der Waals surface area contributed by atoms with E-state index in [1.807, 2.05) is 0 Å². The van der Waals surface area contributed by atoms with Crippen molar-refractivity contribution in [1.29, 1.82) is 0 Å². The summed E-state index contributed by atoms with van der Waals surface area (Å²) in [6.07, 6.45) is 2.80. The second kappa shape index (κ2) is 12.2. The average molecular weight is 589 g/mol. The molecule has 3 heterocycles. The van der Waals surface area contributed by atoms with Crippen LogP contribution in [0.5, 0.6) is 23.1 Å². The number of methoxy groups -OCH3 is 2. The third kappa shape index (κ3) is 5.86. The summed E-state index contributed by atoms with van der Waals surface area (Å²) in [5, 5.41) is 12.1. The maximum atomic E-state index is 15.2. The van der Waals surface area contributed by atoms with Gasteiger partial charge in [0.05, 0.1) is 26.3 Å². The molecule has 220 valence electrons. The molecule has 0 spiro atoms. The minimum absolute atomic E-state index is 0.0657. The zero-order valence-electron chi connectivity index (χ0n) is 23.4. The first-order chi connectivity index (χ1) is 20.7. The molecule has 0 saturated heterocycles. The molecule has 0 bridgehead atoms. The number of nitrogens with one attached hydrogen (secondary N) is 1. The van der Waals surface area contributed by atoms with Gasteiger partial charge in [-0.05, 0) is 36.8 Å². The largest absolute Gasteiger partial charge is 0.491 e. The van der Waals surface area contributed by atoms with Crippen LogP contribution in [-0.4, -0.2) is 46.4 Å². The number of pyridine rings is 3. The van der Waals surface area contributed by atoms with E-state index in [1.165, 1.54) is 69.1 Å². The number of fused-ring (bicyclic) bond motifs is 1. The third-order valence-electron chi connectivity index (χ3n) is 6.70. The predicted molar refractivity (Wildman–Crippen MR) is 155 cm³/mol. The highest BCUT2D eigenvalue weighted by Crippen LogP contribution is 2.35. The molecule has 0 aliphatic rings. The SMILES string of the molecule is COc1cc2nccc(Oc3ccc(NC(=O)c4cn(CCO)c(C)c(-c5ccc(F)cc5)c4=O)cc3F)c2nc1OC. The molecule has 5 rings (SSSR count). The summed E-state index contributed by atoms with van der Waals surface area (Å²) >= 11 is 0. The number of anilines is 1. The summed E-state index contributed by atoms with van der Waals surface area (Å²) in [6, 6.07) is 12.2. The molecular weight excluding hydrogens is 562 g/mol. The highest BCUT2D eigenvalue weighted by molar-refractivity contribution is 6.04.